The van der Waals surface area contributed by atoms with Crippen LogP contribution in [0.25, 0.3) is 10.2 Å². The van der Waals surface area contributed by atoms with E-state index in [0.29, 0.717) is 10.6 Å². The maximum atomic E-state index is 11.8. The molecule has 1 atom stereocenters. The first-order chi connectivity index (χ1) is 10.5. The average molecular weight is 318 g/mol. The Morgan fingerprint density at radius 3 is 2.91 bits per heavy atom. The normalized spacial score (nSPS) is 17.9. The van der Waals surface area contributed by atoms with Gasteiger partial charge in [0.2, 0.25) is 5.91 Å². The van der Waals surface area contributed by atoms with E-state index in [1.807, 2.05) is 17.0 Å². The van der Waals surface area contributed by atoms with Crippen LogP contribution in [0.5, 0.6) is 0 Å². The molecule has 0 bridgehead atoms. The van der Waals surface area contributed by atoms with Crippen molar-refractivity contribution in [2.75, 3.05) is 19.3 Å². The third-order valence-electron chi connectivity index (χ3n) is 4.05. The lowest BCUT2D eigenvalue weighted by atomic mass is 10.1. The van der Waals surface area contributed by atoms with E-state index < -0.39 is 0 Å². The molecule has 2 aromatic heterocycles. The number of hydrogen-bond donors (Lipinski definition) is 2. The van der Waals surface area contributed by atoms with Crippen molar-refractivity contribution in [3.63, 3.8) is 0 Å². The highest BCUT2D eigenvalue weighted by Gasteiger charge is 2.29. The van der Waals surface area contributed by atoms with E-state index in [-0.39, 0.29) is 17.9 Å². The van der Waals surface area contributed by atoms with Crippen molar-refractivity contribution < 1.29 is 9.59 Å². The zero-order chi connectivity index (χ0) is 15.9. The van der Waals surface area contributed by atoms with Crippen molar-refractivity contribution in [3.05, 3.63) is 22.7 Å². The number of rotatable bonds is 2. The van der Waals surface area contributed by atoms with Gasteiger partial charge in [-0.25, -0.2) is 4.98 Å². The summed E-state index contributed by atoms with van der Waals surface area (Å²) in [6.07, 6.45) is 1.90. The minimum atomic E-state index is -0.201. The Kier molecular flexibility index (Phi) is 3.74. The molecule has 0 saturated carbocycles. The summed E-state index contributed by atoms with van der Waals surface area (Å²) in [7, 11) is 1.58. The minimum Gasteiger partial charge on any atom is -0.397 e. The zero-order valence-corrected chi connectivity index (χ0v) is 13.4. The number of nitrogen functional groups attached to an aromatic ring is 1. The van der Waals surface area contributed by atoms with Gasteiger partial charge < -0.3 is 16.0 Å². The molecule has 0 radical (unpaired) electrons. The Bertz CT molecular complexity index is 755. The number of aromatic nitrogens is 1. The summed E-state index contributed by atoms with van der Waals surface area (Å²) in [6.45, 7) is 2.36. The second-order valence-electron chi connectivity index (χ2n) is 5.38. The summed E-state index contributed by atoms with van der Waals surface area (Å²) in [5, 5.41) is 3.38. The van der Waals surface area contributed by atoms with Gasteiger partial charge in [0.25, 0.3) is 5.91 Å². The molecule has 0 spiro atoms. The number of carbonyl (C=O) groups is 2. The van der Waals surface area contributed by atoms with Crippen molar-refractivity contribution in [2.24, 2.45) is 0 Å². The monoisotopic (exact) mass is 318 g/mol. The van der Waals surface area contributed by atoms with Crippen LogP contribution in [0.4, 0.5) is 5.69 Å². The van der Waals surface area contributed by atoms with Gasteiger partial charge in [-0.2, -0.15) is 0 Å². The van der Waals surface area contributed by atoms with E-state index in [0.717, 1.165) is 35.3 Å². The first-order valence-electron chi connectivity index (χ1n) is 7.21. The highest BCUT2D eigenvalue weighted by atomic mass is 32.1. The summed E-state index contributed by atoms with van der Waals surface area (Å²) >= 11 is 1.29. The van der Waals surface area contributed by atoms with Gasteiger partial charge in [0.1, 0.15) is 9.71 Å². The lowest BCUT2D eigenvalue weighted by Crippen LogP contribution is -2.28. The van der Waals surface area contributed by atoms with Gasteiger partial charge in [-0.1, -0.05) is 0 Å². The molecule has 7 heteroatoms. The van der Waals surface area contributed by atoms with E-state index >= 15 is 0 Å². The molecule has 22 heavy (non-hydrogen) atoms. The highest BCUT2D eigenvalue weighted by molar-refractivity contribution is 7.21. The van der Waals surface area contributed by atoms with Crippen LogP contribution < -0.4 is 11.1 Å². The average Bonchev–Trinajstić information content (AvgIpc) is 3.11. The Morgan fingerprint density at radius 2 is 2.23 bits per heavy atom. The maximum Gasteiger partial charge on any atom is 0.263 e. The smallest absolute Gasteiger partial charge is 0.263 e. The number of carbonyl (C=O) groups excluding carboxylic acids is 2. The fraction of sp³-hybridized carbons (Fsp3) is 0.400. The van der Waals surface area contributed by atoms with Crippen LogP contribution in [0.1, 0.15) is 41.2 Å². The quantitative estimate of drug-likeness (QED) is 0.885. The van der Waals surface area contributed by atoms with E-state index in [9.17, 15) is 9.59 Å². The van der Waals surface area contributed by atoms with E-state index in [1.54, 1.807) is 14.0 Å². The number of nitrogens with zero attached hydrogens (tertiary/aromatic N) is 2. The highest BCUT2D eigenvalue weighted by Crippen LogP contribution is 2.36. The van der Waals surface area contributed by atoms with Crippen molar-refractivity contribution in [1.82, 2.24) is 15.2 Å². The van der Waals surface area contributed by atoms with E-state index in [1.165, 1.54) is 11.3 Å². The number of thiophene rings is 1. The number of fused-ring (bicyclic) bond motifs is 1. The molecule has 0 aromatic carbocycles. The number of pyridine rings is 1. The largest absolute Gasteiger partial charge is 0.397 e. The van der Waals surface area contributed by atoms with Crippen LogP contribution in [0, 0.1) is 0 Å². The second-order valence-corrected chi connectivity index (χ2v) is 6.38. The maximum absolute atomic E-state index is 11.8. The van der Waals surface area contributed by atoms with E-state index in [4.69, 9.17) is 5.73 Å². The molecule has 3 heterocycles. The Balaban J connectivity index is 2.03. The lowest BCUT2D eigenvalue weighted by molar-refractivity contribution is -0.129. The molecule has 3 rings (SSSR count). The molecule has 2 amide bonds. The van der Waals surface area contributed by atoms with Gasteiger partial charge in [0.05, 0.1) is 17.4 Å². The topological polar surface area (TPSA) is 88.3 Å². The van der Waals surface area contributed by atoms with Crippen LogP contribution in [0.3, 0.4) is 0 Å². The molecule has 1 fully saturated rings. The lowest BCUT2D eigenvalue weighted by Gasteiger charge is -2.22. The summed E-state index contributed by atoms with van der Waals surface area (Å²) in [6, 6.07) is 3.83. The van der Waals surface area contributed by atoms with Crippen molar-refractivity contribution in [1.29, 1.82) is 0 Å². The van der Waals surface area contributed by atoms with Gasteiger partial charge in [-0.3, -0.25) is 9.59 Å². The fourth-order valence-corrected chi connectivity index (χ4v) is 3.98. The molecule has 1 aliphatic rings. The Labute approximate surface area is 132 Å². The first-order valence-corrected chi connectivity index (χ1v) is 8.02. The second kappa shape index (κ2) is 5.57. The molecule has 0 unspecified atom stereocenters. The summed E-state index contributed by atoms with van der Waals surface area (Å²) in [5.74, 6) is -0.130. The minimum absolute atomic E-state index is 0.0219. The van der Waals surface area contributed by atoms with Gasteiger partial charge in [-0.15, -0.1) is 11.3 Å². The number of amides is 2. The predicted octanol–water partition coefficient (Wildman–Crippen LogP) is 1.92. The molecule has 3 N–H and O–H groups in total. The third-order valence-corrected chi connectivity index (χ3v) is 5.16. The Morgan fingerprint density at radius 1 is 1.45 bits per heavy atom. The summed E-state index contributed by atoms with van der Waals surface area (Å²) in [4.78, 5) is 31.3. The van der Waals surface area contributed by atoms with Crippen molar-refractivity contribution >= 4 is 39.1 Å². The van der Waals surface area contributed by atoms with Crippen LogP contribution in [-0.4, -0.2) is 35.3 Å². The van der Waals surface area contributed by atoms with Crippen LogP contribution >= 0.6 is 11.3 Å². The van der Waals surface area contributed by atoms with Gasteiger partial charge >= 0.3 is 0 Å². The zero-order valence-electron chi connectivity index (χ0n) is 12.5. The molecular weight excluding hydrogens is 300 g/mol. The molecular formula is C15H18N4O2S. The number of likely N-dealkylation sites (tertiary alicyclic amines) is 1. The standard InChI is InChI=1S/C15H18N4O2S/c1-8(20)19-7-3-4-11(19)10-6-5-9-12(16)13(14(21)17-2)22-15(9)18-10/h5-6,11H,3-4,7,16H2,1-2H3,(H,17,21)/t11-/m0/s1. The van der Waals surface area contributed by atoms with Crippen LogP contribution in [-0.2, 0) is 4.79 Å². The Hall–Kier alpha value is -2.15. The van der Waals surface area contributed by atoms with Gasteiger partial charge in [0.15, 0.2) is 0 Å². The van der Waals surface area contributed by atoms with Crippen molar-refractivity contribution in [3.8, 4) is 0 Å². The third kappa shape index (κ3) is 2.31. The molecule has 1 aliphatic heterocycles. The number of nitrogens with two attached hydrogens (primary N) is 1. The SMILES string of the molecule is CNC(=O)c1sc2nc([C@@H]3CCCN3C(C)=O)ccc2c1N. The van der Waals surface area contributed by atoms with Crippen LogP contribution in [0.2, 0.25) is 0 Å². The fourth-order valence-electron chi connectivity index (χ4n) is 2.93. The van der Waals surface area contributed by atoms with Crippen molar-refractivity contribution in [2.45, 2.75) is 25.8 Å². The molecule has 0 aliphatic carbocycles. The molecule has 6 nitrogen and oxygen atoms in total. The number of hydrogen-bond acceptors (Lipinski definition) is 5. The molecule has 116 valence electrons. The van der Waals surface area contributed by atoms with E-state index in [2.05, 4.69) is 10.3 Å². The van der Waals surface area contributed by atoms with Crippen LogP contribution in [0.15, 0.2) is 12.1 Å². The summed E-state index contributed by atoms with van der Waals surface area (Å²) in [5.41, 5.74) is 7.37. The number of nitrogens with one attached hydrogen (secondary N) is 1. The molecule has 2 aromatic rings. The predicted molar refractivity (Wildman–Crippen MR) is 86.8 cm³/mol. The van der Waals surface area contributed by atoms with Gasteiger partial charge in [-0.05, 0) is 25.0 Å². The first kappa shape index (κ1) is 14.8. The summed E-state index contributed by atoms with van der Waals surface area (Å²) < 4.78 is 0. The number of anilines is 1. The van der Waals surface area contributed by atoms with Gasteiger partial charge in [0, 0.05) is 25.9 Å². The molecule has 1 saturated heterocycles.